The number of benzene rings is 2. The summed E-state index contributed by atoms with van der Waals surface area (Å²) >= 11 is 3.40. The fourth-order valence-electron chi connectivity index (χ4n) is 3.34. The van der Waals surface area contributed by atoms with Gasteiger partial charge in [0.25, 0.3) is 11.8 Å². The highest BCUT2D eigenvalue weighted by Crippen LogP contribution is 2.19. The van der Waals surface area contributed by atoms with Gasteiger partial charge in [-0.25, -0.2) is 9.67 Å². The second kappa shape index (κ2) is 8.91. The van der Waals surface area contributed by atoms with Crippen molar-refractivity contribution in [2.45, 2.75) is 6.92 Å². The van der Waals surface area contributed by atoms with E-state index >= 15 is 0 Å². The number of nitrogens with zero attached hydrogens (tertiary/aromatic N) is 4. The van der Waals surface area contributed by atoms with E-state index in [0.29, 0.717) is 28.1 Å². The van der Waals surface area contributed by atoms with E-state index < -0.39 is 0 Å². The van der Waals surface area contributed by atoms with Gasteiger partial charge in [0, 0.05) is 15.7 Å². The van der Waals surface area contributed by atoms with Gasteiger partial charge in [-0.3, -0.25) is 14.6 Å². The Labute approximate surface area is 202 Å². The number of aryl methyl sites for hydroxylation is 1. The Balaban J connectivity index is 1.30. The lowest BCUT2D eigenvalue weighted by atomic mass is 10.2. The number of carbonyl (C=O) groups excluding carboxylic acids is 2. The number of amides is 2. The van der Waals surface area contributed by atoms with Crippen LogP contribution >= 0.6 is 15.9 Å². The molecule has 34 heavy (non-hydrogen) atoms. The van der Waals surface area contributed by atoms with Crippen molar-refractivity contribution in [3.8, 4) is 5.69 Å². The number of hydrogen-bond acceptors (Lipinski definition) is 5. The molecule has 3 aromatic heterocycles. The highest BCUT2D eigenvalue weighted by molar-refractivity contribution is 9.10. The van der Waals surface area contributed by atoms with E-state index in [9.17, 15) is 9.59 Å². The molecular formula is C24H18BrN7O2. The quantitative estimate of drug-likeness (QED) is 0.313. The molecule has 2 aromatic carbocycles. The molecular weight excluding hydrogens is 498 g/mol. The molecule has 0 aliphatic carbocycles. The maximum absolute atomic E-state index is 12.6. The van der Waals surface area contributed by atoms with Crippen molar-refractivity contribution in [2.24, 2.45) is 0 Å². The van der Waals surface area contributed by atoms with Gasteiger partial charge in [-0.1, -0.05) is 22.0 Å². The van der Waals surface area contributed by atoms with Crippen molar-refractivity contribution >= 4 is 50.2 Å². The zero-order chi connectivity index (χ0) is 23.7. The largest absolute Gasteiger partial charge is 0.334 e. The number of imidazole rings is 1. The first-order valence-corrected chi connectivity index (χ1v) is 11.1. The van der Waals surface area contributed by atoms with Crippen LogP contribution < -0.4 is 10.6 Å². The fourth-order valence-corrected chi connectivity index (χ4v) is 3.70. The molecule has 0 bridgehead atoms. The van der Waals surface area contributed by atoms with Crippen LogP contribution in [0.5, 0.6) is 0 Å². The van der Waals surface area contributed by atoms with Crippen LogP contribution in [0, 0.1) is 6.92 Å². The highest BCUT2D eigenvalue weighted by Gasteiger charge is 2.14. The first-order chi connectivity index (χ1) is 16.4. The maximum Gasteiger partial charge on any atom is 0.291 e. The minimum atomic E-state index is -0.383. The van der Waals surface area contributed by atoms with Gasteiger partial charge in [-0.15, -0.1) is 0 Å². The molecule has 3 heterocycles. The van der Waals surface area contributed by atoms with Gasteiger partial charge in [0.1, 0.15) is 0 Å². The lowest BCUT2D eigenvalue weighted by Crippen LogP contribution is -2.13. The predicted octanol–water partition coefficient (Wildman–Crippen LogP) is 4.72. The summed E-state index contributed by atoms with van der Waals surface area (Å²) in [6, 6.07) is 16.2. The number of carbonyl (C=O) groups is 2. The van der Waals surface area contributed by atoms with Crippen molar-refractivity contribution in [1.29, 1.82) is 0 Å². The smallest absolute Gasteiger partial charge is 0.291 e. The van der Waals surface area contributed by atoms with Gasteiger partial charge in [0.15, 0.2) is 5.82 Å². The average molecular weight is 516 g/mol. The molecule has 0 saturated heterocycles. The fraction of sp³-hybridized carbons (Fsp3) is 0.0417. The lowest BCUT2D eigenvalue weighted by molar-refractivity contribution is 0.101. The molecule has 0 unspecified atom stereocenters. The first-order valence-electron chi connectivity index (χ1n) is 10.3. The molecule has 10 heteroatoms. The topological polar surface area (TPSA) is 118 Å². The average Bonchev–Trinajstić information content (AvgIpc) is 3.47. The van der Waals surface area contributed by atoms with Gasteiger partial charge >= 0.3 is 0 Å². The Morgan fingerprint density at radius 1 is 0.971 bits per heavy atom. The van der Waals surface area contributed by atoms with Crippen LogP contribution in [0.15, 0.2) is 77.7 Å². The number of hydrogen-bond donors (Lipinski definition) is 3. The number of fused-ring (bicyclic) bond motifs is 1. The Hall–Kier alpha value is -4.31. The zero-order valence-electron chi connectivity index (χ0n) is 17.9. The van der Waals surface area contributed by atoms with E-state index in [1.54, 1.807) is 41.3 Å². The van der Waals surface area contributed by atoms with E-state index in [1.165, 1.54) is 6.20 Å². The molecule has 5 rings (SSSR count). The van der Waals surface area contributed by atoms with Crippen LogP contribution in [0.3, 0.4) is 0 Å². The third-order valence-corrected chi connectivity index (χ3v) is 5.53. The Bertz CT molecular complexity index is 1520. The van der Waals surface area contributed by atoms with Gasteiger partial charge < -0.3 is 15.6 Å². The van der Waals surface area contributed by atoms with Crippen molar-refractivity contribution in [3.63, 3.8) is 0 Å². The van der Waals surface area contributed by atoms with Gasteiger partial charge in [-0.05, 0) is 55.5 Å². The highest BCUT2D eigenvalue weighted by atomic mass is 79.9. The number of rotatable bonds is 5. The van der Waals surface area contributed by atoms with Gasteiger partial charge in [0.2, 0.25) is 0 Å². The van der Waals surface area contributed by atoms with Crippen LogP contribution in [-0.4, -0.2) is 36.5 Å². The summed E-state index contributed by atoms with van der Waals surface area (Å²) in [4.78, 5) is 36.8. The molecule has 0 aliphatic rings. The van der Waals surface area contributed by atoms with Crippen LogP contribution in [0.1, 0.15) is 26.7 Å². The van der Waals surface area contributed by atoms with E-state index in [0.717, 1.165) is 15.7 Å². The SMILES string of the molecule is Cc1ccc(NC(=O)c2cccc(-n3cc(NC(=O)c4nc5ccc(Br)cc5[nH]4)cn3)c2)cn1. The monoisotopic (exact) mass is 515 g/mol. The molecule has 168 valence electrons. The zero-order valence-corrected chi connectivity index (χ0v) is 19.5. The summed E-state index contributed by atoms with van der Waals surface area (Å²) in [7, 11) is 0. The predicted molar refractivity (Wildman–Crippen MR) is 132 cm³/mol. The Morgan fingerprint density at radius 3 is 2.65 bits per heavy atom. The Kier molecular flexibility index (Phi) is 5.64. The molecule has 0 saturated carbocycles. The number of anilines is 2. The molecule has 0 atom stereocenters. The summed E-state index contributed by atoms with van der Waals surface area (Å²) in [5.74, 6) is -0.443. The van der Waals surface area contributed by atoms with Crippen LogP contribution in [0.4, 0.5) is 11.4 Å². The van der Waals surface area contributed by atoms with E-state index in [4.69, 9.17) is 0 Å². The molecule has 0 aliphatic heterocycles. The third kappa shape index (κ3) is 4.57. The number of pyridine rings is 1. The minimum absolute atomic E-state index is 0.199. The number of H-pyrrole nitrogens is 1. The van der Waals surface area contributed by atoms with Crippen molar-refractivity contribution < 1.29 is 9.59 Å². The van der Waals surface area contributed by atoms with Crippen LogP contribution in [0.25, 0.3) is 16.7 Å². The molecule has 5 aromatic rings. The molecule has 0 spiro atoms. The number of aromatic amines is 1. The molecule has 0 radical (unpaired) electrons. The molecule has 2 amide bonds. The summed E-state index contributed by atoms with van der Waals surface area (Å²) in [6.45, 7) is 1.88. The Morgan fingerprint density at radius 2 is 1.82 bits per heavy atom. The molecule has 0 fully saturated rings. The second-order valence-electron chi connectivity index (χ2n) is 7.57. The van der Waals surface area contributed by atoms with Gasteiger partial charge in [0.05, 0.1) is 46.7 Å². The molecule has 3 N–H and O–H groups in total. The second-order valence-corrected chi connectivity index (χ2v) is 8.48. The van der Waals surface area contributed by atoms with E-state index in [2.05, 4.69) is 46.6 Å². The van der Waals surface area contributed by atoms with Crippen molar-refractivity contribution in [3.05, 3.63) is 94.7 Å². The van der Waals surface area contributed by atoms with Crippen molar-refractivity contribution in [2.75, 3.05) is 10.6 Å². The number of nitrogens with one attached hydrogen (secondary N) is 3. The maximum atomic E-state index is 12.6. The summed E-state index contributed by atoms with van der Waals surface area (Å²) in [5.41, 5.74) is 4.56. The third-order valence-electron chi connectivity index (χ3n) is 5.04. The summed E-state index contributed by atoms with van der Waals surface area (Å²) in [6.07, 6.45) is 4.81. The molecule has 9 nitrogen and oxygen atoms in total. The van der Waals surface area contributed by atoms with Gasteiger partial charge in [-0.2, -0.15) is 5.10 Å². The minimum Gasteiger partial charge on any atom is -0.334 e. The number of aromatic nitrogens is 5. The lowest BCUT2D eigenvalue weighted by Gasteiger charge is -2.07. The summed E-state index contributed by atoms with van der Waals surface area (Å²) in [5, 5.41) is 9.92. The van der Waals surface area contributed by atoms with E-state index in [-0.39, 0.29) is 17.6 Å². The normalized spacial score (nSPS) is 10.9. The summed E-state index contributed by atoms with van der Waals surface area (Å²) < 4.78 is 2.47. The van der Waals surface area contributed by atoms with E-state index in [1.807, 2.05) is 37.3 Å². The number of halogens is 1. The first kappa shape index (κ1) is 21.5. The van der Waals surface area contributed by atoms with Crippen molar-refractivity contribution in [1.82, 2.24) is 24.7 Å². The van der Waals surface area contributed by atoms with Crippen LogP contribution in [0.2, 0.25) is 0 Å². The standard InChI is InChI=1S/C24H18BrN7O2/c1-14-5-7-17(11-26-14)28-23(33)15-3-2-4-19(9-15)32-13-18(12-27-32)29-24(34)22-30-20-8-6-16(25)10-21(20)31-22/h2-13H,1H3,(H,28,33)(H,29,34)(H,30,31). The van der Waals surface area contributed by atoms with Crippen LogP contribution in [-0.2, 0) is 0 Å².